The van der Waals surface area contributed by atoms with Gasteiger partial charge in [0, 0.05) is 43.4 Å². The maximum Gasteiger partial charge on any atom is 0.488 e. The number of phenols is 4. The van der Waals surface area contributed by atoms with Crippen LogP contribution in [0.3, 0.4) is 0 Å². The molecular weight excluding hydrogens is 1660 g/mol. The Labute approximate surface area is 780 Å². The van der Waals surface area contributed by atoms with Crippen LogP contribution in [-0.2, 0) is 0 Å². The quantitative estimate of drug-likeness (QED) is 0.0134. The van der Waals surface area contributed by atoms with Crippen LogP contribution in [0.4, 0.5) is 0 Å². The van der Waals surface area contributed by atoms with Gasteiger partial charge < -0.3 is 104 Å². The Balaban J connectivity index is 0.000000218. The van der Waals surface area contributed by atoms with E-state index in [0.29, 0.717) is 32.0 Å². The number of aryl methyl sites for hydroxylation is 1. The maximum atomic E-state index is 9.64. The fourth-order valence-electron chi connectivity index (χ4n) is 12.5. The minimum atomic E-state index is -1.66. The first-order valence-electron chi connectivity index (χ1n) is 43.4. The second kappa shape index (κ2) is 56.0. The van der Waals surface area contributed by atoms with Gasteiger partial charge in [-0.1, -0.05) is 276 Å². The van der Waals surface area contributed by atoms with E-state index in [9.17, 15) is 65.6 Å². The Kier molecular flexibility index (Phi) is 45.0. The van der Waals surface area contributed by atoms with Crippen molar-refractivity contribution in [1.82, 2.24) is 9.80 Å². The number of benzene rings is 12. The highest BCUT2D eigenvalue weighted by Crippen LogP contribution is 2.29. The van der Waals surface area contributed by atoms with Crippen LogP contribution in [0.5, 0.6) is 57.5 Å². The van der Waals surface area contributed by atoms with Crippen molar-refractivity contribution in [3.63, 3.8) is 0 Å². The standard InChI is InChI=1S/C23H33BN2O3.C19H23BO3.C17H19BO3.C15H16B2O4.2C15H15BO3/c1-24(27)21-10-8-19(9-11-21)6-7-20-16-22(28-14-12-25(2)3)18-23(17-20)29-15-13-26(4)5;1-4-22-18-12-16(13-19(14-18)23-5-2)7-6-15-8-10-17(11-9-15)20(3)21;1-18(19)15-8-6-13(7-9-15)4-5-14-10-16(20-2)12-17(11-14)21-3;1-11-2-4-12(5-3-11)6-7-13-8-14(16(18)19)10-15(9-13)17(20)21;2*1-16(19)13-6-4-11(5-7-13)2-3-12-8-14(17)10-15(18)9-12/h6-11,16-18,27H,12-15H2,1-5H3;6-14,21H,4-5H2,1-3H3;4-12,19H,1-3H3;2-10,18-21H,1H3;2*2-10,17-19H,1H3/b2*7-6+;5-4+;7-6+;3-2+;3-2-. The first-order chi connectivity index (χ1) is 63.1. The zero-order valence-corrected chi connectivity index (χ0v) is 77.6. The van der Waals surface area contributed by atoms with Gasteiger partial charge in [-0.25, -0.2) is 0 Å². The molecule has 12 aromatic rings. The van der Waals surface area contributed by atoms with Gasteiger partial charge in [-0.15, -0.1) is 0 Å². The van der Waals surface area contributed by atoms with Crippen molar-refractivity contribution in [2.24, 2.45) is 0 Å². The Morgan fingerprint density at radius 3 is 0.667 bits per heavy atom. The molecule has 12 aromatic carbocycles. The lowest BCUT2D eigenvalue weighted by atomic mass is 9.64. The Bertz CT molecular complexity index is 5400. The molecule has 132 heavy (non-hydrogen) atoms. The van der Waals surface area contributed by atoms with E-state index >= 15 is 0 Å². The van der Waals surface area contributed by atoms with Crippen molar-refractivity contribution in [3.05, 3.63) is 327 Å². The summed E-state index contributed by atoms with van der Waals surface area (Å²) in [5, 5.41) is 122. The van der Waals surface area contributed by atoms with Gasteiger partial charge in [-0.05, 0) is 215 Å². The molecule has 0 radical (unpaired) electrons. The summed E-state index contributed by atoms with van der Waals surface area (Å²) >= 11 is 0. The Morgan fingerprint density at radius 2 is 0.447 bits per heavy atom. The van der Waals surface area contributed by atoms with E-state index in [2.05, 4.69) is 15.9 Å². The van der Waals surface area contributed by atoms with Crippen LogP contribution >= 0.6 is 0 Å². The third-order valence-electron chi connectivity index (χ3n) is 19.8. The van der Waals surface area contributed by atoms with Crippen LogP contribution in [0.25, 0.3) is 72.9 Å². The zero-order valence-electron chi connectivity index (χ0n) is 77.6. The molecule has 0 saturated heterocycles. The zero-order chi connectivity index (χ0) is 96.2. The van der Waals surface area contributed by atoms with Gasteiger partial charge in [0.05, 0.1) is 27.4 Å². The molecule has 0 bridgehead atoms. The SMILES string of the molecule is CB(O)c1ccc(/C=C/c2cc(O)cc(O)c2)cc1.CB(O)c1ccc(/C=C/c2cc(OCCN(C)C)cc(OCCN(C)C)c2)cc1.CB(O)c1ccc(/C=C\c2cc(O)cc(O)c2)cc1.CCOc1cc(/C=C/c2ccc(B(C)O)cc2)cc(OCC)c1.COc1cc(/C=C/c2ccc(B(C)O)cc2)cc(OC)c1.Cc1ccc(/C=C/c2cc(B(O)O)cc(B(O)O)c2)cc1. The van der Waals surface area contributed by atoms with Crippen molar-refractivity contribution in [2.45, 2.75) is 54.9 Å². The molecule has 0 aliphatic carbocycles. The molecule has 12 rings (SSSR count). The van der Waals surface area contributed by atoms with Crippen molar-refractivity contribution < 1.29 is 94.1 Å². The summed E-state index contributed by atoms with van der Waals surface area (Å²) in [5.74, 6) is 4.88. The maximum absolute atomic E-state index is 9.64. The van der Waals surface area contributed by atoms with E-state index in [4.69, 9.17) is 28.4 Å². The van der Waals surface area contributed by atoms with Gasteiger partial charge in [-0.3, -0.25) is 0 Å². The number of methoxy groups -OCH3 is 2. The Hall–Kier alpha value is -12.9. The number of likely N-dealkylation sites (N-methyl/N-ethyl adjacent to an activating group) is 2. The highest BCUT2D eigenvalue weighted by atomic mass is 16.5. The Morgan fingerprint density at radius 1 is 0.242 bits per heavy atom. The summed E-state index contributed by atoms with van der Waals surface area (Å²) in [7, 11) is 8.07. The van der Waals surface area contributed by atoms with Gasteiger partial charge in [0.2, 0.25) is 0 Å². The minimum Gasteiger partial charge on any atom is -0.508 e. The molecule has 0 spiro atoms. The third kappa shape index (κ3) is 39.8. The normalized spacial score (nSPS) is 10.9. The lowest BCUT2D eigenvalue weighted by Gasteiger charge is -2.14. The minimum absolute atomic E-state index is 0.0316. The van der Waals surface area contributed by atoms with Gasteiger partial charge >= 0.3 is 48.8 Å². The largest absolute Gasteiger partial charge is 0.508 e. The van der Waals surface area contributed by atoms with E-state index in [1.54, 1.807) is 103 Å². The summed E-state index contributed by atoms with van der Waals surface area (Å²) < 4.78 is 33.5. The average Bonchev–Trinajstić information content (AvgIpc) is 0.846. The van der Waals surface area contributed by atoms with Crippen LogP contribution < -0.4 is 66.7 Å². The molecule has 21 nitrogen and oxygen atoms in total. The predicted molar refractivity (Wildman–Crippen MR) is 553 cm³/mol. The molecule has 682 valence electrons. The number of rotatable bonds is 33. The molecule has 0 atom stereocenters. The molecule has 0 aromatic heterocycles. The highest BCUT2D eigenvalue weighted by molar-refractivity contribution is 6.66. The van der Waals surface area contributed by atoms with Gasteiger partial charge in [-0.2, -0.15) is 0 Å². The van der Waals surface area contributed by atoms with E-state index in [0.717, 1.165) is 136 Å². The van der Waals surface area contributed by atoms with Crippen LogP contribution in [0.2, 0.25) is 34.1 Å². The van der Waals surface area contributed by atoms with Crippen LogP contribution in [0.15, 0.2) is 255 Å². The number of phenolic OH excluding ortho intramolecular Hbond substituents is 4. The summed E-state index contributed by atoms with van der Waals surface area (Å²) in [5.41, 5.74) is 17.4. The van der Waals surface area contributed by atoms with Gasteiger partial charge in [0.25, 0.3) is 0 Å². The summed E-state index contributed by atoms with van der Waals surface area (Å²) in [4.78, 5) is 4.18. The molecule has 28 heteroatoms. The molecule has 0 unspecified atom stereocenters. The van der Waals surface area contributed by atoms with E-state index in [1.165, 1.54) is 23.8 Å². The van der Waals surface area contributed by atoms with Crippen molar-refractivity contribution in [3.8, 4) is 57.5 Å². The molecule has 0 saturated carbocycles. The number of nitrogens with zero attached hydrogens (tertiary/aromatic N) is 2. The molecular formula is C104H121B7N2O19. The van der Waals surface area contributed by atoms with Crippen LogP contribution in [0, 0.1) is 6.92 Å². The first-order valence-corrected chi connectivity index (χ1v) is 43.4. The number of ether oxygens (including phenoxy) is 6. The smallest absolute Gasteiger partial charge is 0.488 e. The second-order valence-electron chi connectivity index (χ2n) is 31.7. The number of hydrogen-bond acceptors (Lipinski definition) is 21. The topological polar surface area (TPSA) is 325 Å². The number of aromatic hydroxyl groups is 4. The van der Waals surface area contributed by atoms with Crippen molar-refractivity contribution >= 4 is 160 Å². The molecule has 0 amide bonds. The molecule has 0 aliphatic rings. The fourth-order valence-corrected chi connectivity index (χ4v) is 12.5. The highest BCUT2D eigenvalue weighted by Gasteiger charge is 2.19. The molecule has 0 aliphatic heterocycles. The van der Waals surface area contributed by atoms with Crippen LogP contribution in [-0.4, -0.2) is 206 Å². The van der Waals surface area contributed by atoms with E-state index < -0.39 is 48.8 Å². The molecule has 0 fully saturated rings. The van der Waals surface area contributed by atoms with Gasteiger partial charge in [0.15, 0.2) is 0 Å². The van der Waals surface area contributed by atoms with E-state index in [1.807, 2.05) is 298 Å². The summed E-state index contributed by atoms with van der Waals surface area (Å²) in [6.07, 6.45) is 23.2. The van der Waals surface area contributed by atoms with Crippen LogP contribution in [0.1, 0.15) is 86.2 Å². The second-order valence-corrected chi connectivity index (χ2v) is 31.7. The molecule has 0 heterocycles. The summed E-state index contributed by atoms with van der Waals surface area (Å²) in [6, 6.07) is 77.6. The lowest BCUT2D eigenvalue weighted by molar-refractivity contribution is 0.251. The molecule has 13 N–H and O–H groups in total. The lowest BCUT2D eigenvalue weighted by Crippen LogP contribution is -2.38. The third-order valence-corrected chi connectivity index (χ3v) is 19.8. The fraction of sp³-hybridized carbons (Fsp3) is 0.192. The first kappa shape index (κ1) is 106. The number of hydrogen-bond donors (Lipinski definition) is 13. The van der Waals surface area contributed by atoms with Gasteiger partial charge in [0.1, 0.15) is 70.7 Å². The van der Waals surface area contributed by atoms with E-state index in [-0.39, 0.29) is 33.9 Å². The predicted octanol–water partition coefficient (Wildman–Crippen LogP) is 12.4. The van der Waals surface area contributed by atoms with Crippen molar-refractivity contribution in [1.29, 1.82) is 0 Å². The average molecular weight is 1780 g/mol. The van der Waals surface area contributed by atoms with Crippen molar-refractivity contribution in [2.75, 3.05) is 81.9 Å². The summed E-state index contributed by atoms with van der Waals surface area (Å²) in [6.45, 7) is 16.6. The monoisotopic (exact) mass is 1780 g/mol.